The second-order valence-electron chi connectivity index (χ2n) is 6.65. The molecule has 0 bridgehead atoms. The van der Waals surface area contributed by atoms with Gasteiger partial charge in [0.2, 0.25) is 0 Å². The van der Waals surface area contributed by atoms with Crippen LogP contribution in [0.2, 0.25) is 0 Å². The predicted octanol–water partition coefficient (Wildman–Crippen LogP) is 3.15. The minimum absolute atomic E-state index is 0.203. The summed E-state index contributed by atoms with van der Waals surface area (Å²) in [7, 11) is 0. The van der Waals surface area contributed by atoms with Crippen molar-refractivity contribution in [2.75, 3.05) is 26.2 Å². The van der Waals surface area contributed by atoms with Crippen LogP contribution in [0.1, 0.15) is 48.5 Å². The normalized spacial score (nSPS) is 20.9. The van der Waals surface area contributed by atoms with Gasteiger partial charge in [0.15, 0.2) is 0 Å². The lowest BCUT2D eigenvalue weighted by Crippen LogP contribution is -2.37. The zero-order valence-corrected chi connectivity index (χ0v) is 13.1. The molecule has 0 radical (unpaired) electrons. The predicted molar refractivity (Wildman–Crippen MR) is 85.3 cm³/mol. The lowest BCUT2D eigenvalue weighted by Gasteiger charge is -2.30. The molecule has 0 aromatic heterocycles. The average molecular weight is 286 g/mol. The monoisotopic (exact) mass is 286 g/mol. The summed E-state index contributed by atoms with van der Waals surface area (Å²) < 4.78 is 0. The van der Waals surface area contributed by atoms with Crippen molar-refractivity contribution in [2.24, 2.45) is 5.92 Å². The van der Waals surface area contributed by atoms with Crippen LogP contribution in [0.3, 0.4) is 0 Å². The van der Waals surface area contributed by atoms with Crippen LogP contribution in [0.25, 0.3) is 0 Å². The van der Waals surface area contributed by atoms with Gasteiger partial charge in [0.25, 0.3) is 5.91 Å². The van der Waals surface area contributed by atoms with Gasteiger partial charge < -0.3 is 4.90 Å². The molecule has 2 heterocycles. The van der Waals surface area contributed by atoms with E-state index in [1.807, 2.05) is 17.0 Å². The number of benzene rings is 1. The molecule has 2 aliphatic rings. The number of nitrogens with zero attached hydrogens (tertiary/aromatic N) is 2. The molecule has 0 aliphatic carbocycles. The van der Waals surface area contributed by atoms with Crippen molar-refractivity contribution in [3.05, 3.63) is 35.4 Å². The molecule has 2 saturated heterocycles. The van der Waals surface area contributed by atoms with E-state index < -0.39 is 0 Å². The van der Waals surface area contributed by atoms with Crippen LogP contribution in [0, 0.1) is 5.92 Å². The molecular weight excluding hydrogens is 260 g/mol. The Morgan fingerprint density at radius 3 is 2.29 bits per heavy atom. The number of hydrogen-bond acceptors (Lipinski definition) is 2. The SMILES string of the molecule is CC1CCN(C(=O)c2ccc(CN3CCCC3)cc2)CC1. The summed E-state index contributed by atoms with van der Waals surface area (Å²) in [6.45, 7) is 7.55. The minimum Gasteiger partial charge on any atom is -0.339 e. The number of carbonyl (C=O) groups excluding carboxylic acids is 1. The van der Waals surface area contributed by atoms with Gasteiger partial charge in [-0.2, -0.15) is 0 Å². The van der Waals surface area contributed by atoms with Gasteiger partial charge >= 0.3 is 0 Å². The van der Waals surface area contributed by atoms with Crippen molar-refractivity contribution in [3.63, 3.8) is 0 Å². The first-order valence-corrected chi connectivity index (χ1v) is 8.33. The molecule has 2 aliphatic heterocycles. The number of likely N-dealkylation sites (tertiary alicyclic amines) is 2. The number of amides is 1. The first kappa shape index (κ1) is 14.6. The molecule has 114 valence electrons. The Bertz CT molecular complexity index is 468. The van der Waals surface area contributed by atoms with Crippen molar-refractivity contribution in [2.45, 2.75) is 39.2 Å². The van der Waals surface area contributed by atoms with E-state index in [0.29, 0.717) is 0 Å². The third-order valence-corrected chi connectivity index (χ3v) is 4.88. The summed E-state index contributed by atoms with van der Waals surface area (Å²) >= 11 is 0. The number of carbonyl (C=O) groups is 1. The van der Waals surface area contributed by atoms with Crippen molar-refractivity contribution in [3.8, 4) is 0 Å². The fourth-order valence-corrected chi connectivity index (χ4v) is 3.35. The van der Waals surface area contributed by atoms with Gasteiger partial charge in [-0.15, -0.1) is 0 Å². The van der Waals surface area contributed by atoms with Crippen LogP contribution < -0.4 is 0 Å². The highest BCUT2D eigenvalue weighted by Crippen LogP contribution is 2.19. The zero-order chi connectivity index (χ0) is 14.7. The second-order valence-corrected chi connectivity index (χ2v) is 6.65. The van der Waals surface area contributed by atoms with Gasteiger partial charge in [0.05, 0.1) is 0 Å². The van der Waals surface area contributed by atoms with E-state index in [1.54, 1.807) is 0 Å². The van der Waals surface area contributed by atoms with Gasteiger partial charge in [-0.25, -0.2) is 0 Å². The van der Waals surface area contributed by atoms with Crippen molar-refractivity contribution < 1.29 is 4.79 Å². The molecule has 3 rings (SSSR count). The first-order valence-electron chi connectivity index (χ1n) is 8.33. The van der Waals surface area contributed by atoms with E-state index in [1.165, 1.54) is 31.5 Å². The van der Waals surface area contributed by atoms with Crippen LogP contribution in [0.4, 0.5) is 0 Å². The highest BCUT2D eigenvalue weighted by atomic mass is 16.2. The Morgan fingerprint density at radius 2 is 1.67 bits per heavy atom. The van der Waals surface area contributed by atoms with Gasteiger partial charge in [-0.3, -0.25) is 9.69 Å². The summed E-state index contributed by atoms with van der Waals surface area (Å²) in [6, 6.07) is 8.26. The molecule has 2 fully saturated rings. The molecule has 1 amide bonds. The fourth-order valence-electron chi connectivity index (χ4n) is 3.35. The molecule has 1 aromatic carbocycles. The summed E-state index contributed by atoms with van der Waals surface area (Å²) in [5.74, 6) is 0.964. The Morgan fingerprint density at radius 1 is 1.05 bits per heavy atom. The van der Waals surface area contributed by atoms with Crippen LogP contribution in [-0.2, 0) is 6.54 Å². The maximum atomic E-state index is 12.5. The Balaban J connectivity index is 1.59. The smallest absolute Gasteiger partial charge is 0.253 e. The number of hydrogen-bond donors (Lipinski definition) is 0. The van der Waals surface area contributed by atoms with E-state index in [2.05, 4.69) is 24.0 Å². The van der Waals surface area contributed by atoms with Crippen molar-refractivity contribution >= 4 is 5.91 Å². The lowest BCUT2D eigenvalue weighted by atomic mass is 9.98. The van der Waals surface area contributed by atoms with Crippen LogP contribution in [0.15, 0.2) is 24.3 Å². The molecular formula is C18H26N2O. The third-order valence-electron chi connectivity index (χ3n) is 4.88. The van der Waals surface area contributed by atoms with Gasteiger partial charge in [0, 0.05) is 25.2 Å². The standard InChI is InChI=1S/C18H26N2O/c1-15-8-12-20(13-9-15)18(21)17-6-4-16(5-7-17)14-19-10-2-3-11-19/h4-7,15H,2-3,8-14H2,1H3. The third kappa shape index (κ3) is 3.65. The minimum atomic E-state index is 0.203. The quantitative estimate of drug-likeness (QED) is 0.852. The zero-order valence-electron chi connectivity index (χ0n) is 13.1. The van der Waals surface area contributed by atoms with E-state index in [9.17, 15) is 4.79 Å². The molecule has 0 spiro atoms. The van der Waals surface area contributed by atoms with Crippen molar-refractivity contribution in [1.82, 2.24) is 9.80 Å². The van der Waals surface area contributed by atoms with E-state index in [0.717, 1.165) is 44.0 Å². The van der Waals surface area contributed by atoms with Gasteiger partial charge in [-0.05, 0) is 62.4 Å². The first-order chi connectivity index (χ1) is 10.2. The van der Waals surface area contributed by atoms with Crippen LogP contribution in [0.5, 0.6) is 0 Å². The lowest BCUT2D eigenvalue weighted by molar-refractivity contribution is 0.0697. The molecule has 0 atom stereocenters. The summed E-state index contributed by atoms with van der Waals surface area (Å²) in [6.07, 6.45) is 4.92. The summed E-state index contributed by atoms with van der Waals surface area (Å²) in [4.78, 5) is 17.0. The molecule has 0 unspecified atom stereocenters. The van der Waals surface area contributed by atoms with Gasteiger partial charge in [0.1, 0.15) is 0 Å². The molecule has 3 nitrogen and oxygen atoms in total. The highest BCUT2D eigenvalue weighted by Gasteiger charge is 2.21. The second kappa shape index (κ2) is 6.61. The molecule has 0 N–H and O–H groups in total. The molecule has 1 aromatic rings. The van der Waals surface area contributed by atoms with Crippen LogP contribution >= 0.6 is 0 Å². The summed E-state index contributed by atoms with van der Waals surface area (Å²) in [5.41, 5.74) is 2.16. The van der Waals surface area contributed by atoms with E-state index >= 15 is 0 Å². The average Bonchev–Trinajstić information content (AvgIpc) is 3.01. The highest BCUT2D eigenvalue weighted by molar-refractivity contribution is 5.94. The number of piperidine rings is 1. The van der Waals surface area contributed by atoms with Crippen LogP contribution in [-0.4, -0.2) is 41.9 Å². The topological polar surface area (TPSA) is 23.6 Å². The number of rotatable bonds is 3. The van der Waals surface area contributed by atoms with E-state index in [-0.39, 0.29) is 5.91 Å². The molecule has 3 heteroatoms. The molecule has 21 heavy (non-hydrogen) atoms. The Hall–Kier alpha value is -1.35. The Labute approximate surface area is 127 Å². The Kier molecular flexibility index (Phi) is 4.59. The maximum absolute atomic E-state index is 12.5. The van der Waals surface area contributed by atoms with Gasteiger partial charge in [-0.1, -0.05) is 19.1 Å². The van der Waals surface area contributed by atoms with E-state index in [4.69, 9.17) is 0 Å². The summed E-state index contributed by atoms with van der Waals surface area (Å²) in [5, 5.41) is 0. The maximum Gasteiger partial charge on any atom is 0.253 e. The fraction of sp³-hybridized carbons (Fsp3) is 0.611. The molecule has 0 saturated carbocycles. The van der Waals surface area contributed by atoms with Crippen molar-refractivity contribution in [1.29, 1.82) is 0 Å². The largest absolute Gasteiger partial charge is 0.339 e.